The van der Waals surface area contributed by atoms with E-state index >= 15 is 0 Å². The monoisotopic (exact) mass is 519 g/mol. The lowest BCUT2D eigenvalue weighted by atomic mass is 10.0. The number of nitro groups is 1. The van der Waals surface area contributed by atoms with E-state index in [0.717, 1.165) is 12.1 Å². The Labute approximate surface area is 217 Å². The van der Waals surface area contributed by atoms with Gasteiger partial charge in [-0.25, -0.2) is 4.39 Å². The molecule has 3 aromatic carbocycles. The van der Waals surface area contributed by atoms with Gasteiger partial charge in [0.1, 0.15) is 18.0 Å². The van der Waals surface area contributed by atoms with Crippen LogP contribution in [-0.2, 0) is 19.6 Å². The van der Waals surface area contributed by atoms with Gasteiger partial charge < -0.3 is 15.3 Å². The number of nitrogens with zero attached hydrogens (tertiary/aromatic N) is 2. The molecule has 0 bridgehead atoms. The highest BCUT2D eigenvalue weighted by molar-refractivity contribution is 6.09. The van der Waals surface area contributed by atoms with Gasteiger partial charge in [0.15, 0.2) is 0 Å². The summed E-state index contributed by atoms with van der Waals surface area (Å²) >= 11 is 0. The third kappa shape index (κ3) is 5.64. The van der Waals surface area contributed by atoms with Gasteiger partial charge in [-0.3, -0.25) is 19.7 Å². The number of carbonyl (C=O) groups is 1. The number of halogens is 1. The molecule has 0 aliphatic carbocycles. The maximum Gasteiger partial charge on any atom is 0.294 e. The van der Waals surface area contributed by atoms with Crippen LogP contribution in [0.15, 0.2) is 71.5 Å². The van der Waals surface area contributed by atoms with Crippen molar-refractivity contribution in [2.75, 3.05) is 0 Å². The molecule has 1 aromatic heterocycles. The van der Waals surface area contributed by atoms with Crippen LogP contribution in [0.4, 0.5) is 10.1 Å². The molecule has 0 unspecified atom stereocenters. The molecule has 0 aliphatic rings. The molecule has 0 fully saturated rings. The average Bonchev–Trinajstić information content (AvgIpc) is 2.89. The Morgan fingerprint density at radius 2 is 1.82 bits per heavy atom. The van der Waals surface area contributed by atoms with Crippen molar-refractivity contribution in [1.29, 1.82) is 0 Å². The van der Waals surface area contributed by atoms with E-state index in [2.05, 4.69) is 5.32 Å². The minimum Gasteiger partial charge on any atom is -0.492 e. The van der Waals surface area contributed by atoms with E-state index in [9.17, 15) is 29.2 Å². The average molecular weight is 520 g/mol. The number of hydrogen-bond donors (Lipinski definition) is 2. The zero-order valence-corrected chi connectivity index (χ0v) is 20.8. The van der Waals surface area contributed by atoms with Gasteiger partial charge in [-0.05, 0) is 41.2 Å². The van der Waals surface area contributed by atoms with Crippen LogP contribution in [0, 0.1) is 21.8 Å². The zero-order valence-electron chi connectivity index (χ0n) is 20.8. The second kappa shape index (κ2) is 11.1. The van der Waals surface area contributed by atoms with Crippen molar-refractivity contribution < 1.29 is 24.1 Å². The van der Waals surface area contributed by atoms with Crippen LogP contribution in [-0.4, -0.2) is 20.7 Å². The smallest absolute Gasteiger partial charge is 0.294 e. The van der Waals surface area contributed by atoms with E-state index in [1.165, 1.54) is 12.1 Å². The lowest BCUT2D eigenvalue weighted by Crippen LogP contribution is -2.31. The first-order valence-corrected chi connectivity index (χ1v) is 11.9. The summed E-state index contributed by atoms with van der Waals surface area (Å²) in [6.45, 7) is 3.86. The first-order chi connectivity index (χ1) is 18.2. The quantitative estimate of drug-likeness (QED) is 0.248. The molecule has 196 valence electrons. The van der Waals surface area contributed by atoms with Crippen LogP contribution in [0.3, 0.4) is 0 Å². The molecule has 0 saturated heterocycles. The molecule has 4 aromatic rings. The Balaban J connectivity index is 1.71. The third-order valence-corrected chi connectivity index (χ3v) is 5.94. The van der Waals surface area contributed by atoms with Gasteiger partial charge in [0, 0.05) is 24.1 Å². The summed E-state index contributed by atoms with van der Waals surface area (Å²) in [4.78, 5) is 42.6. The van der Waals surface area contributed by atoms with Gasteiger partial charge in [0.05, 0.1) is 10.3 Å². The second-order valence-corrected chi connectivity index (χ2v) is 9.25. The predicted octanol–water partition coefficient (Wildman–Crippen LogP) is 4.51. The number of nitro benzene ring substituents is 1. The van der Waals surface area contributed by atoms with Crippen LogP contribution >= 0.6 is 0 Å². The minimum atomic E-state index is -0.856. The Morgan fingerprint density at radius 3 is 2.50 bits per heavy atom. The molecule has 1 amide bonds. The van der Waals surface area contributed by atoms with Crippen molar-refractivity contribution >= 4 is 22.4 Å². The molecule has 10 heteroatoms. The molecule has 0 saturated carbocycles. The number of aromatic hydroxyl groups is 1. The van der Waals surface area contributed by atoms with Crippen molar-refractivity contribution in [3.63, 3.8) is 0 Å². The third-order valence-electron chi connectivity index (χ3n) is 5.94. The number of carbonyl (C=O) groups excluding carboxylic acids is 1. The summed E-state index contributed by atoms with van der Waals surface area (Å²) in [5.74, 6) is -1.59. The van der Waals surface area contributed by atoms with E-state index in [0.29, 0.717) is 27.8 Å². The summed E-state index contributed by atoms with van der Waals surface area (Å²) in [5, 5.41) is 24.8. The number of fused-ring (bicyclic) bond motifs is 1. The normalized spacial score (nSPS) is 11.1. The molecular weight excluding hydrogens is 493 g/mol. The summed E-state index contributed by atoms with van der Waals surface area (Å²) in [5.41, 5.74) is 0.360. The number of amides is 1. The highest BCUT2D eigenvalue weighted by atomic mass is 19.1. The number of benzene rings is 3. The molecule has 4 rings (SSSR count). The van der Waals surface area contributed by atoms with Crippen molar-refractivity contribution in [3.8, 4) is 5.88 Å². The van der Waals surface area contributed by atoms with Crippen molar-refractivity contribution in [2.24, 2.45) is 5.92 Å². The fourth-order valence-electron chi connectivity index (χ4n) is 4.13. The van der Waals surface area contributed by atoms with E-state index < -0.39 is 22.3 Å². The maximum atomic E-state index is 14.2. The van der Waals surface area contributed by atoms with E-state index in [-0.39, 0.29) is 46.9 Å². The number of pyridine rings is 1. The van der Waals surface area contributed by atoms with Gasteiger partial charge in [-0.15, -0.1) is 4.73 Å². The number of rotatable bonds is 9. The lowest BCUT2D eigenvalue weighted by Gasteiger charge is -2.16. The molecule has 9 nitrogen and oxygen atoms in total. The summed E-state index contributed by atoms with van der Waals surface area (Å²) < 4.78 is 14.7. The largest absolute Gasteiger partial charge is 0.492 e. The first-order valence-electron chi connectivity index (χ1n) is 11.9. The summed E-state index contributed by atoms with van der Waals surface area (Å²) in [6.07, 6.45) is 0.529. The minimum absolute atomic E-state index is 0.0160. The molecule has 0 spiro atoms. The van der Waals surface area contributed by atoms with Crippen LogP contribution in [0.25, 0.3) is 10.8 Å². The molecule has 0 radical (unpaired) electrons. The van der Waals surface area contributed by atoms with Gasteiger partial charge in [-0.1, -0.05) is 56.3 Å². The van der Waals surface area contributed by atoms with Gasteiger partial charge in [-0.2, -0.15) is 0 Å². The van der Waals surface area contributed by atoms with E-state index in [4.69, 9.17) is 4.84 Å². The summed E-state index contributed by atoms with van der Waals surface area (Å²) in [6, 6.07) is 16.8. The van der Waals surface area contributed by atoms with E-state index in [1.807, 2.05) is 13.8 Å². The molecule has 0 aliphatic heterocycles. The Morgan fingerprint density at radius 1 is 1.08 bits per heavy atom. The topological polar surface area (TPSA) is 124 Å². The highest BCUT2D eigenvalue weighted by Gasteiger charge is 2.24. The number of non-ortho nitro benzene ring substituents is 1. The molecule has 2 N–H and O–H groups in total. The standard InChI is InChI=1S/C28H26FN3O6/c1-17(2)12-20-13-19(8-11-24(20)29)15-30-26(33)25-22-10-9-21(32(36)37)14-23(22)27(34)31(28(25)35)38-16-18-6-4-3-5-7-18/h3-11,13-14,17,35H,12,15-16H2,1-2H3,(H,30,33). The molecule has 38 heavy (non-hydrogen) atoms. The van der Waals surface area contributed by atoms with Crippen LogP contribution < -0.4 is 15.7 Å². The predicted molar refractivity (Wildman–Crippen MR) is 139 cm³/mol. The van der Waals surface area contributed by atoms with Crippen molar-refractivity contribution in [1.82, 2.24) is 10.0 Å². The number of aromatic nitrogens is 1. The molecular formula is C28H26FN3O6. The molecule has 0 atom stereocenters. The Kier molecular flexibility index (Phi) is 7.71. The van der Waals surface area contributed by atoms with Crippen molar-refractivity contribution in [2.45, 2.75) is 33.4 Å². The zero-order chi connectivity index (χ0) is 27.4. The summed E-state index contributed by atoms with van der Waals surface area (Å²) in [7, 11) is 0. The van der Waals surface area contributed by atoms with E-state index in [1.54, 1.807) is 42.5 Å². The van der Waals surface area contributed by atoms with Crippen LogP contribution in [0.5, 0.6) is 5.88 Å². The van der Waals surface area contributed by atoms with Crippen molar-refractivity contribution in [3.05, 3.63) is 115 Å². The Bertz CT molecular complexity index is 1570. The second-order valence-electron chi connectivity index (χ2n) is 9.25. The van der Waals surface area contributed by atoms with Gasteiger partial charge in [0.2, 0.25) is 5.88 Å². The fraction of sp³-hybridized carbons (Fsp3) is 0.214. The lowest BCUT2D eigenvalue weighted by molar-refractivity contribution is -0.384. The molecule has 1 heterocycles. The van der Waals surface area contributed by atoms with Crippen LogP contribution in [0.1, 0.15) is 40.9 Å². The van der Waals surface area contributed by atoms with Crippen LogP contribution in [0.2, 0.25) is 0 Å². The highest BCUT2D eigenvalue weighted by Crippen LogP contribution is 2.27. The SMILES string of the molecule is CC(C)Cc1cc(CNC(=O)c2c(O)n(OCc3ccccc3)c(=O)c3cc([N+](=O)[O-])ccc23)ccc1F. The van der Waals surface area contributed by atoms with Gasteiger partial charge in [0.25, 0.3) is 17.2 Å². The maximum absolute atomic E-state index is 14.2. The van der Waals surface area contributed by atoms with Gasteiger partial charge >= 0.3 is 0 Å². The number of nitrogens with one attached hydrogen (secondary N) is 1. The Hall–Kier alpha value is -4.73. The first kappa shape index (κ1) is 26.3. The fourth-order valence-corrected chi connectivity index (χ4v) is 4.13. The number of hydrogen-bond acceptors (Lipinski definition) is 6.